The monoisotopic (exact) mass is 457 g/mol. The van der Waals surface area contributed by atoms with Crippen molar-refractivity contribution in [3.8, 4) is 23.0 Å². The first kappa shape index (κ1) is 23.0. The van der Waals surface area contributed by atoms with Crippen LogP contribution in [0.1, 0.15) is 30.0 Å². The Morgan fingerprint density at radius 1 is 0.912 bits per heavy atom. The van der Waals surface area contributed by atoms with E-state index in [9.17, 15) is 9.90 Å². The lowest BCUT2D eigenvalue weighted by atomic mass is 10.00. The molecule has 1 aliphatic carbocycles. The van der Waals surface area contributed by atoms with Crippen molar-refractivity contribution < 1.29 is 24.1 Å². The van der Waals surface area contributed by atoms with E-state index < -0.39 is 0 Å². The average molecular weight is 458 g/mol. The van der Waals surface area contributed by atoms with E-state index in [-0.39, 0.29) is 18.1 Å². The van der Waals surface area contributed by atoms with Crippen LogP contribution in [0.2, 0.25) is 0 Å². The Hall–Kier alpha value is -4.19. The Morgan fingerprint density at radius 2 is 1.68 bits per heavy atom. The molecule has 6 heteroatoms. The van der Waals surface area contributed by atoms with Gasteiger partial charge in [0.1, 0.15) is 11.5 Å². The third kappa shape index (κ3) is 4.62. The van der Waals surface area contributed by atoms with E-state index in [1.54, 1.807) is 32.4 Å². The van der Waals surface area contributed by atoms with Crippen LogP contribution in [0.3, 0.4) is 0 Å². The Balaban J connectivity index is 1.70. The number of hydrogen-bond acceptors (Lipinski definition) is 5. The van der Waals surface area contributed by atoms with E-state index in [0.717, 1.165) is 39.2 Å². The zero-order valence-electron chi connectivity index (χ0n) is 19.6. The Kier molecular flexibility index (Phi) is 6.59. The molecule has 6 nitrogen and oxygen atoms in total. The highest BCUT2D eigenvalue weighted by Crippen LogP contribution is 2.45. The van der Waals surface area contributed by atoms with Gasteiger partial charge in [-0.15, -0.1) is 0 Å². The minimum Gasteiger partial charge on any atom is -0.504 e. The fourth-order valence-corrected chi connectivity index (χ4v) is 4.13. The molecule has 0 saturated heterocycles. The third-order valence-electron chi connectivity index (χ3n) is 5.90. The smallest absolute Gasteiger partial charge is 0.228 e. The Bertz CT molecular complexity index is 1310. The number of fused-ring (bicyclic) bond motifs is 1. The standard InChI is InChI=1S/C28H27NO5/c1-17-23(12-18-8-11-26(30)27(13-18)34-4)22-10-9-21(33-3)15-25(22)24(17)16-28(31)29-19-6-5-7-20(14-19)32-2/h5-15,30H,16H2,1-4H3,(H,29,31)/b23-12-. The highest BCUT2D eigenvalue weighted by Gasteiger charge is 2.26. The van der Waals surface area contributed by atoms with Crippen LogP contribution in [-0.2, 0) is 4.79 Å². The van der Waals surface area contributed by atoms with Crippen molar-refractivity contribution in [2.75, 3.05) is 26.6 Å². The summed E-state index contributed by atoms with van der Waals surface area (Å²) in [5, 5.41) is 12.9. The molecule has 0 fully saturated rings. The van der Waals surface area contributed by atoms with E-state index in [1.807, 2.05) is 55.5 Å². The summed E-state index contributed by atoms with van der Waals surface area (Å²) < 4.78 is 15.9. The van der Waals surface area contributed by atoms with Crippen LogP contribution in [0.15, 0.2) is 66.2 Å². The molecule has 0 bridgehead atoms. The number of rotatable bonds is 7. The molecule has 0 heterocycles. The number of anilines is 1. The maximum atomic E-state index is 13.0. The Morgan fingerprint density at radius 3 is 2.41 bits per heavy atom. The minimum atomic E-state index is -0.121. The van der Waals surface area contributed by atoms with E-state index in [4.69, 9.17) is 14.2 Å². The lowest BCUT2D eigenvalue weighted by Crippen LogP contribution is -2.12. The van der Waals surface area contributed by atoms with Gasteiger partial charge in [0.15, 0.2) is 11.5 Å². The summed E-state index contributed by atoms with van der Waals surface area (Å²) in [5.74, 6) is 1.78. The van der Waals surface area contributed by atoms with Crippen molar-refractivity contribution in [3.63, 3.8) is 0 Å². The maximum absolute atomic E-state index is 13.0. The molecule has 0 aliphatic heterocycles. The number of methoxy groups -OCH3 is 3. The van der Waals surface area contributed by atoms with Crippen LogP contribution in [0.4, 0.5) is 5.69 Å². The molecule has 1 amide bonds. The highest BCUT2D eigenvalue weighted by molar-refractivity contribution is 6.10. The number of aromatic hydroxyl groups is 1. The van der Waals surface area contributed by atoms with Gasteiger partial charge in [-0.3, -0.25) is 4.79 Å². The largest absolute Gasteiger partial charge is 0.504 e. The van der Waals surface area contributed by atoms with E-state index in [1.165, 1.54) is 7.11 Å². The number of phenolic OH excluding ortho intramolecular Hbond substituents is 1. The molecule has 2 N–H and O–H groups in total. The number of carbonyl (C=O) groups excluding carboxylic acids is 1. The fraction of sp³-hybridized carbons (Fsp3) is 0.179. The second kappa shape index (κ2) is 9.75. The van der Waals surface area contributed by atoms with Gasteiger partial charge in [0, 0.05) is 11.8 Å². The van der Waals surface area contributed by atoms with Crippen LogP contribution in [0.25, 0.3) is 17.2 Å². The summed E-state index contributed by atoms with van der Waals surface area (Å²) in [6.45, 7) is 2.02. The van der Waals surface area contributed by atoms with Crippen molar-refractivity contribution in [2.24, 2.45) is 0 Å². The van der Waals surface area contributed by atoms with Crippen molar-refractivity contribution in [1.82, 2.24) is 0 Å². The molecule has 0 atom stereocenters. The number of benzene rings is 3. The van der Waals surface area contributed by atoms with E-state index in [2.05, 4.69) is 5.32 Å². The first-order valence-electron chi connectivity index (χ1n) is 10.8. The normalized spacial score (nSPS) is 13.6. The van der Waals surface area contributed by atoms with Gasteiger partial charge in [-0.2, -0.15) is 0 Å². The summed E-state index contributed by atoms with van der Waals surface area (Å²) in [6.07, 6.45) is 2.25. The van der Waals surface area contributed by atoms with Crippen molar-refractivity contribution in [1.29, 1.82) is 0 Å². The number of allylic oxidation sites excluding steroid dienone is 2. The number of amides is 1. The van der Waals surface area contributed by atoms with Gasteiger partial charge in [0.05, 0.1) is 27.8 Å². The predicted molar refractivity (Wildman–Crippen MR) is 134 cm³/mol. The fourth-order valence-electron chi connectivity index (χ4n) is 4.13. The summed E-state index contributed by atoms with van der Waals surface area (Å²) >= 11 is 0. The summed E-state index contributed by atoms with van der Waals surface area (Å²) in [4.78, 5) is 13.0. The minimum absolute atomic E-state index is 0.0865. The van der Waals surface area contributed by atoms with Gasteiger partial charge in [0.2, 0.25) is 5.91 Å². The highest BCUT2D eigenvalue weighted by atomic mass is 16.5. The van der Waals surface area contributed by atoms with Crippen LogP contribution in [0, 0.1) is 0 Å². The molecule has 0 unspecified atom stereocenters. The lowest BCUT2D eigenvalue weighted by Gasteiger charge is -2.10. The van der Waals surface area contributed by atoms with Crippen molar-refractivity contribution in [2.45, 2.75) is 13.3 Å². The molecular formula is C28H27NO5. The zero-order valence-corrected chi connectivity index (χ0v) is 19.6. The molecule has 34 heavy (non-hydrogen) atoms. The topological polar surface area (TPSA) is 77.0 Å². The van der Waals surface area contributed by atoms with Crippen molar-refractivity contribution >= 4 is 28.8 Å². The van der Waals surface area contributed by atoms with Gasteiger partial charge < -0.3 is 24.6 Å². The number of ether oxygens (including phenoxy) is 3. The van der Waals surface area contributed by atoms with Crippen LogP contribution >= 0.6 is 0 Å². The summed E-state index contributed by atoms with van der Waals surface area (Å²) in [6, 6.07) is 18.4. The van der Waals surface area contributed by atoms with Crippen LogP contribution < -0.4 is 19.5 Å². The van der Waals surface area contributed by atoms with Crippen LogP contribution in [-0.4, -0.2) is 32.3 Å². The predicted octanol–water partition coefficient (Wildman–Crippen LogP) is 5.77. The quantitative estimate of drug-likeness (QED) is 0.471. The molecule has 0 saturated carbocycles. The second-order valence-electron chi connectivity index (χ2n) is 7.96. The van der Waals surface area contributed by atoms with Gasteiger partial charge in [-0.25, -0.2) is 0 Å². The van der Waals surface area contributed by atoms with Gasteiger partial charge >= 0.3 is 0 Å². The molecule has 1 aliphatic rings. The SMILES string of the molecule is COc1cccc(NC(=O)CC2=C(C)/C(=C/c3ccc(O)c(OC)c3)c3ccc(OC)cc32)c1. The lowest BCUT2D eigenvalue weighted by molar-refractivity contribution is -0.115. The van der Waals surface area contributed by atoms with Gasteiger partial charge in [0.25, 0.3) is 0 Å². The summed E-state index contributed by atoms with van der Waals surface area (Å²) in [5.41, 5.74) is 6.51. The first-order valence-corrected chi connectivity index (χ1v) is 10.8. The third-order valence-corrected chi connectivity index (χ3v) is 5.90. The van der Waals surface area contributed by atoms with Gasteiger partial charge in [-0.1, -0.05) is 18.2 Å². The molecule has 3 aromatic carbocycles. The second-order valence-corrected chi connectivity index (χ2v) is 7.96. The van der Waals surface area contributed by atoms with E-state index >= 15 is 0 Å². The first-order chi connectivity index (χ1) is 16.4. The number of nitrogens with one attached hydrogen (secondary N) is 1. The average Bonchev–Trinajstić information content (AvgIpc) is 3.10. The van der Waals surface area contributed by atoms with Crippen LogP contribution in [0.5, 0.6) is 23.0 Å². The zero-order chi connectivity index (χ0) is 24.2. The number of hydrogen-bond donors (Lipinski definition) is 2. The molecule has 0 aromatic heterocycles. The maximum Gasteiger partial charge on any atom is 0.228 e. The van der Waals surface area contributed by atoms with E-state index in [0.29, 0.717) is 17.2 Å². The molecule has 4 rings (SSSR count). The van der Waals surface area contributed by atoms with Crippen molar-refractivity contribution in [3.05, 3.63) is 82.9 Å². The summed E-state index contributed by atoms with van der Waals surface area (Å²) in [7, 11) is 4.74. The number of carbonyl (C=O) groups is 1. The molecule has 0 radical (unpaired) electrons. The molecule has 174 valence electrons. The Labute approximate surface area is 199 Å². The molecular weight excluding hydrogens is 430 g/mol. The molecule has 0 spiro atoms. The molecule has 3 aromatic rings. The van der Waals surface area contributed by atoms with Gasteiger partial charge in [-0.05, 0) is 82.8 Å². The number of phenols is 1.